The van der Waals surface area contributed by atoms with Gasteiger partial charge in [0.15, 0.2) is 0 Å². The van der Waals surface area contributed by atoms with E-state index < -0.39 is 0 Å². The van der Waals surface area contributed by atoms with E-state index in [0.29, 0.717) is 10.0 Å². The minimum absolute atomic E-state index is 0.0758. The Morgan fingerprint density at radius 2 is 1.84 bits per heavy atom. The van der Waals surface area contributed by atoms with Crippen LogP contribution in [0.4, 0.5) is 11.4 Å². The Balaban J connectivity index is 2.20. The van der Waals surface area contributed by atoms with E-state index in [1.165, 1.54) is 0 Å². The third-order valence-corrected chi connectivity index (χ3v) is 3.65. The maximum Gasteiger partial charge on any atom is 0.0500 e. The highest BCUT2D eigenvalue weighted by Gasteiger charge is 2.10. The van der Waals surface area contributed by atoms with Crippen molar-refractivity contribution in [1.29, 1.82) is 0 Å². The largest absolute Gasteiger partial charge is 0.398 e. The van der Waals surface area contributed by atoms with Crippen molar-refractivity contribution in [3.63, 3.8) is 0 Å². The zero-order valence-electron chi connectivity index (χ0n) is 10.9. The number of nitrogens with one attached hydrogen (secondary N) is 1. The van der Waals surface area contributed by atoms with Crippen molar-refractivity contribution in [3.05, 3.63) is 57.6 Å². The standard InChI is InChI=1S/C15H16Cl2N2/c1-9-3-5-12(8-15(9)18)19-10(2)13-6-4-11(16)7-14(13)17/h3-8,10,19H,18H2,1-2H3. The first-order valence-corrected chi connectivity index (χ1v) is 6.80. The summed E-state index contributed by atoms with van der Waals surface area (Å²) < 4.78 is 0. The van der Waals surface area contributed by atoms with E-state index in [-0.39, 0.29) is 6.04 Å². The first-order chi connectivity index (χ1) is 8.97. The molecule has 0 bridgehead atoms. The van der Waals surface area contributed by atoms with Gasteiger partial charge in [0.2, 0.25) is 0 Å². The molecule has 2 aromatic carbocycles. The minimum Gasteiger partial charge on any atom is -0.398 e. The molecule has 0 spiro atoms. The summed E-state index contributed by atoms with van der Waals surface area (Å²) in [5, 5.41) is 4.68. The van der Waals surface area contributed by atoms with Crippen molar-refractivity contribution < 1.29 is 0 Å². The topological polar surface area (TPSA) is 38.0 Å². The average molecular weight is 295 g/mol. The Morgan fingerprint density at radius 3 is 2.47 bits per heavy atom. The van der Waals surface area contributed by atoms with Crippen LogP contribution in [0.3, 0.4) is 0 Å². The Bertz CT molecular complexity index is 597. The molecule has 0 heterocycles. The lowest BCUT2D eigenvalue weighted by Gasteiger charge is -2.18. The number of nitrogens with two attached hydrogens (primary N) is 1. The fraction of sp³-hybridized carbons (Fsp3) is 0.200. The number of benzene rings is 2. The van der Waals surface area contributed by atoms with Gasteiger partial charge in [0.1, 0.15) is 0 Å². The van der Waals surface area contributed by atoms with Crippen LogP contribution in [0.1, 0.15) is 24.1 Å². The summed E-state index contributed by atoms with van der Waals surface area (Å²) in [4.78, 5) is 0. The maximum absolute atomic E-state index is 6.20. The monoisotopic (exact) mass is 294 g/mol. The highest BCUT2D eigenvalue weighted by atomic mass is 35.5. The molecule has 1 atom stereocenters. The fourth-order valence-electron chi connectivity index (χ4n) is 1.91. The molecule has 4 heteroatoms. The molecule has 0 fully saturated rings. The van der Waals surface area contributed by atoms with Gasteiger partial charge in [-0.15, -0.1) is 0 Å². The third-order valence-electron chi connectivity index (χ3n) is 3.09. The SMILES string of the molecule is Cc1ccc(NC(C)c2ccc(Cl)cc2Cl)cc1N. The first kappa shape index (κ1) is 14.0. The van der Waals surface area contributed by atoms with Crippen LogP contribution >= 0.6 is 23.2 Å². The minimum atomic E-state index is 0.0758. The summed E-state index contributed by atoms with van der Waals surface area (Å²) in [5.74, 6) is 0. The molecular weight excluding hydrogens is 279 g/mol. The molecule has 100 valence electrons. The molecule has 0 saturated carbocycles. The van der Waals surface area contributed by atoms with Crippen LogP contribution in [0.25, 0.3) is 0 Å². The number of anilines is 2. The van der Waals surface area contributed by atoms with Crippen LogP contribution in [0.2, 0.25) is 10.0 Å². The van der Waals surface area contributed by atoms with Crippen LogP contribution in [-0.2, 0) is 0 Å². The van der Waals surface area contributed by atoms with Gasteiger partial charge in [-0.3, -0.25) is 0 Å². The second-order valence-corrected chi connectivity index (χ2v) is 5.45. The van der Waals surface area contributed by atoms with Crippen LogP contribution in [0, 0.1) is 6.92 Å². The van der Waals surface area contributed by atoms with E-state index >= 15 is 0 Å². The van der Waals surface area contributed by atoms with Gasteiger partial charge in [-0.25, -0.2) is 0 Å². The molecular formula is C15H16Cl2N2. The normalized spacial score (nSPS) is 12.2. The Hall–Kier alpha value is -1.38. The molecule has 0 aliphatic rings. The van der Waals surface area contributed by atoms with Crippen molar-refractivity contribution in [2.75, 3.05) is 11.1 Å². The van der Waals surface area contributed by atoms with Crippen LogP contribution in [0.5, 0.6) is 0 Å². The van der Waals surface area contributed by atoms with Crippen molar-refractivity contribution >= 4 is 34.6 Å². The van der Waals surface area contributed by atoms with E-state index in [9.17, 15) is 0 Å². The quantitative estimate of drug-likeness (QED) is 0.777. The summed E-state index contributed by atoms with van der Waals surface area (Å²) >= 11 is 12.1. The molecule has 19 heavy (non-hydrogen) atoms. The predicted octanol–water partition coefficient (Wildman–Crippen LogP) is 5.06. The maximum atomic E-state index is 6.20. The number of hydrogen-bond acceptors (Lipinski definition) is 2. The lowest BCUT2D eigenvalue weighted by atomic mass is 10.1. The number of nitrogen functional groups attached to an aromatic ring is 1. The van der Waals surface area contributed by atoms with E-state index in [1.807, 2.05) is 44.2 Å². The van der Waals surface area contributed by atoms with Gasteiger partial charge >= 0.3 is 0 Å². The van der Waals surface area contributed by atoms with Crippen molar-refractivity contribution in [2.24, 2.45) is 0 Å². The number of hydrogen-bond donors (Lipinski definition) is 2. The molecule has 2 rings (SSSR count). The molecule has 2 aromatic rings. The van der Waals surface area contributed by atoms with Gasteiger partial charge in [-0.1, -0.05) is 35.3 Å². The summed E-state index contributed by atoms with van der Waals surface area (Å²) in [5.41, 5.74) is 9.73. The molecule has 0 amide bonds. The Morgan fingerprint density at radius 1 is 1.11 bits per heavy atom. The summed E-state index contributed by atoms with van der Waals surface area (Å²) in [6, 6.07) is 11.5. The fourth-order valence-corrected chi connectivity index (χ4v) is 2.48. The lowest BCUT2D eigenvalue weighted by molar-refractivity contribution is 0.885. The molecule has 0 aliphatic heterocycles. The van der Waals surface area contributed by atoms with Gasteiger partial charge in [-0.05, 0) is 49.2 Å². The lowest BCUT2D eigenvalue weighted by Crippen LogP contribution is -2.07. The van der Waals surface area contributed by atoms with Gasteiger partial charge in [0, 0.05) is 27.5 Å². The van der Waals surface area contributed by atoms with Crippen LogP contribution in [0.15, 0.2) is 36.4 Å². The summed E-state index contributed by atoms with van der Waals surface area (Å²) in [7, 11) is 0. The number of halogens is 2. The highest BCUT2D eigenvalue weighted by Crippen LogP contribution is 2.29. The molecule has 0 radical (unpaired) electrons. The summed E-state index contributed by atoms with van der Waals surface area (Å²) in [6.07, 6.45) is 0. The van der Waals surface area contributed by atoms with Gasteiger partial charge < -0.3 is 11.1 Å². The predicted molar refractivity (Wildman–Crippen MR) is 84.1 cm³/mol. The van der Waals surface area contributed by atoms with Crippen molar-refractivity contribution in [1.82, 2.24) is 0 Å². The molecule has 2 nitrogen and oxygen atoms in total. The van der Waals surface area contributed by atoms with Gasteiger partial charge in [-0.2, -0.15) is 0 Å². The van der Waals surface area contributed by atoms with Crippen LogP contribution in [-0.4, -0.2) is 0 Å². The second-order valence-electron chi connectivity index (χ2n) is 4.60. The molecule has 0 saturated heterocycles. The smallest absolute Gasteiger partial charge is 0.0500 e. The molecule has 3 N–H and O–H groups in total. The van der Waals surface area contributed by atoms with E-state index in [2.05, 4.69) is 5.32 Å². The second kappa shape index (κ2) is 5.72. The van der Waals surface area contributed by atoms with Gasteiger partial charge in [0.05, 0.1) is 0 Å². The number of rotatable bonds is 3. The summed E-state index contributed by atoms with van der Waals surface area (Å²) in [6.45, 7) is 4.03. The third kappa shape index (κ3) is 3.34. The van der Waals surface area contributed by atoms with E-state index in [0.717, 1.165) is 22.5 Å². The zero-order valence-corrected chi connectivity index (χ0v) is 12.4. The average Bonchev–Trinajstić information content (AvgIpc) is 2.33. The van der Waals surface area contributed by atoms with Gasteiger partial charge in [0.25, 0.3) is 0 Å². The zero-order chi connectivity index (χ0) is 14.0. The van der Waals surface area contributed by atoms with Crippen molar-refractivity contribution in [2.45, 2.75) is 19.9 Å². The molecule has 0 aliphatic carbocycles. The Labute approximate surface area is 123 Å². The van der Waals surface area contributed by atoms with Crippen molar-refractivity contribution in [3.8, 4) is 0 Å². The first-order valence-electron chi connectivity index (χ1n) is 6.05. The van der Waals surface area contributed by atoms with Crippen LogP contribution < -0.4 is 11.1 Å². The van der Waals surface area contributed by atoms with E-state index in [1.54, 1.807) is 6.07 Å². The highest BCUT2D eigenvalue weighted by molar-refractivity contribution is 6.35. The Kier molecular flexibility index (Phi) is 4.23. The number of aryl methyl sites for hydroxylation is 1. The molecule has 0 aromatic heterocycles. The van der Waals surface area contributed by atoms with E-state index in [4.69, 9.17) is 28.9 Å². The molecule has 1 unspecified atom stereocenters.